The predicted octanol–water partition coefficient (Wildman–Crippen LogP) is 5.01. The summed E-state index contributed by atoms with van der Waals surface area (Å²) in [4.78, 5) is 7.52. The van der Waals surface area contributed by atoms with Gasteiger partial charge in [-0.05, 0) is 40.8 Å². The summed E-state index contributed by atoms with van der Waals surface area (Å²) in [6.45, 7) is 5.43. The fourth-order valence-corrected chi connectivity index (χ4v) is 4.65. The highest BCUT2D eigenvalue weighted by Gasteiger charge is 2.22. The van der Waals surface area contributed by atoms with Crippen LogP contribution in [0.3, 0.4) is 0 Å². The molecule has 0 bridgehead atoms. The average Bonchev–Trinajstić information content (AvgIpc) is 2.93. The summed E-state index contributed by atoms with van der Waals surface area (Å²) in [6, 6.07) is 2.91. The summed E-state index contributed by atoms with van der Waals surface area (Å²) >= 11 is 7.11. The molecule has 1 saturated carbocycles. The molecule has 2 nitrogen and oxygen atoms in total. The van der Waals surface area contributed by atoms with E-state index in [1.165, 1.54) is 28.3 Å². The van der Waals surface area contributed by atoms with E-state index in [0.29, 0.717) is 5.92 Å². The number of rotatable bonds is 5. The van der Waals surface area contributed by atoms with Crippen LogP contribution in [-0.4, -0.2) is 11.0 Å². The zero-order valence-corrected chi connectivity index (χ0v) is 14.3. The molecule has 0 amide bonds. The average molecular weight is 357 g/mol. The van der Waals surface area contributed by atoms with Gasteiger partial charge in [0.2, 0.25) is 0 Å². The second kappa shape index (κ2) is 5.64. The lowest BCUT2D eigenvalue weighted by atomic mass is 10.1. The van der Waals surface area contributed by atoms with Crippen LogP contribution in [-0.2, 0) is 6.54 Å². The highest BCUT2D eigenvalue weighted by atomic mass is 79.9. The van der Waals surface area contributed by atoms with Crippen molar-refractivity contribution in [2.45, 2.75) is 45.2 Å². The van der Waals surface area contributed by atoms with Crippen molar-refractivity contribution >= 4 is 38.6 Å². The molecule has 0 unspecified atom stereocenters. The van der Waals surface area contributed by atoms with Crippen LogP contribution in [0.15, 0.2) is 15.9 Å². The van der Waals surface area contributed by atoms with E-state index in [0.717, 1.165) is 22.1 Å². The van der Waals surface area contributed by atoms with Gasteiger partial charge in [0.15, 0.2) is 0 Å². The summed E-state index contributed by atoms with van der Waals surface area (Å²) in [5.41, 5.74) is 1.26. The molecule has 0 radical (unpaired) electrons. The molecular formula is C14H17BrN2S2. The van der Waals surface area contributed by atoms with Gasteiger partial charge in [0, 0.05) is 27.3 Å². The lowest BCUT2D eigenvalue weighted by Crippen LogP contribution is -2.15. The largest absolute Gasteiger partial charge is 0.309 e. The first-order valence-electron chi connectivity index (χ1n) is 6.61. The fourth-order valence-electron chi connectivity index (χ4n) is 2.00. The molecule has 0 atom stereocenters. The van der Waals surface area contributed by atoms with Crippen molar-refractivity contribution in [1.29, 1.82) is 0 Å². The van der Waals surface area contributed by atoms with E-state index in [2.05, 4.69) is 46.5 Å². The van der Waals surface area contributed by atoms with E-state index >= 15 is 0 Å². The summed E-state index contributed by atoms with van der Waals surface area (Å²) in [5.74, 6) is 0.490. The summed E-state index contributed by atoms with van der Waals surface area (Å²) < 4.78 is 1.14. The van der Waals surface area contributed by atoms with Crippen molar-refractivity contribution in [3.63, 3.8) is 0 Å². The Kier molecular flexibility index (Phi) is 4.08. The molecule has 0 saturated heterocycles. The molecule has 2 aromatic heterocycles. The van der Waals surface area contributed by atoms with Crippen LogP contribution >= 0.6 is 38.6 Å². The number of nitrogens with zero attached hydrogens (tertiary/aromatic N) is 1. The van der Waals surface area contributed by atoms with Crippen LogP contribution in [0.5, 0.6) is 0 Å². The van der Waals surface area contributed by atoms with Crippen LogP contribution in [0.25, 0.3) is 9.88 Å². The maximum absolute atomic E-state index is 4.86. The molecule has 1 aliphatic carbocycles. The Hall–Kier alpha value is -0.230. The fraction of sp³-hybridized carbons (Fsp3) is 0.500. The van der Waals surface area contributed by atoms with E-state index in [1.54, 1.807) is 11.3 Å². The lowest BCUT2D eigenvalue weighted by molar-refractivity contribution is 0.681. The van der Waals surface area contributed by atoms with Crippen molar-refractivity contribution in [3.8, 4) is 9.88 Å². The number of hydrogen-bond acceptors (Lipinski definition) is 4. The molecular weight excluding hydrogens is 340 g/mol. The Labute approximate surface area is 130 Å². The normalized spacial score (nSPS) is 15.4. The van der Waals surface area contributed by atoms with Gasteiger partial charge in [-0.2, -0.15) is 0 Å². The SMILES string of the molecule is CC(C)c1nc(-c2cc(Br)cs2)sc1CNC1CC1. The molecule has 1 fully saturated rings. The molecule has 5 heteroatoms. The number of hydrogen-bond donors (Lipinski definition) is 1. The molecule has 19 heavy (non-hydrogen) atoms. The molecule has 1 N–H and O–H groups in total. The van der Waals surface area contributed by atoms with Crippen LogP contribution < -0.4 is 5.32 Å². The third-order valence-electron chi connectivity index (χ3n) is 3.18. The summed E-state index contributed by atoms with van der Waals surface area (Å²) in [7, 11) is 0. The quantitative estimate of drug-likeness (QED) is 0.814. The van der Waals surface area contributed by atoms with Gasteiger partial charge in [-0.25, -0.2) is 4.98 Å². The van der Waals surface area contributed by atoms with E-state index in [-0.39, 0.29) is 0 Å². The van der Waals surface area contributed by atoms with Crippen molar-refractivity contribution in [2.24, 2.45) is 0 Å². The standard InChI is InChI=1S/C14H17BrN2S2/c1-8(2)13-12(6-16-10-3-4-10)19-14(17-13)11-5-9(15)7-18-11/h5,7-8,10,16H,3-4,6H2,1-2H3. The minimum Gasteiger partial charge on any atom is -0.309 e. The summed E-state index contributed by atoms with van der Waals surface area (Å²) in [5, 5.41) is 6.88. The highest BCUT2D eigenvalue weighted by Crippen LogP contribution is 2.36. The molecule has 2 aromatic rings. The molecule has 0 aliphatic heterocycles. The van der Waals surface area contributed by atoms with E-state index < -0.39 is 0 Å². The second-order valence-corrected chi connectivity index (χ2v) is 8.18. The Morgan fingerprint density at radius 3 is 2.84 bits per heavy atom. The van der Waals surface area contributed by atoms with Crippen molar-refractivity contribution in [3.05, 3.63) is 26.5 Å². The highest BCUT2D eigenvalue weighted by molar-refractivity contribution is 9.10. The predicted molar refractivity (Wildman–Crippen MR) is 87.1 cm³/mol. The van der Waals surface area contributed by atoms with Gasteiger partial charge in [-0.15, -0.1) is 22.7 Å². The first-order valence-corrected chi connectivity index (χ1v) is 9.10. The summed E-state index contributed by atoms with van der Waals surface area (Å²) in [6.07, 6.45) is 2.67. The number of thiazole rings is 1. The van der Waals surface area contributed by atoms with Gasteiger partial charge in [0.25, 0.3) is 0 Å². The smallest absolute Gasteiger partial charge is 0.133 e. The van der Waals surface area contributed by atoms with Gasteiger partial charge >= 0.3 is 0 Å². The number of halogens is 1. The first kappa shape index (κ1) is 13.7. The zero-order chi connectivity index (χ0) is 13.4. The third-order valence-corrected chi connectivity index (χ3v) is 6.11. The van der Waals surface area contributed by atoms with Gasteiger partial charge in [-0.3, -0.25) is 0 Å². The lowest BCUT2D eigenvalue weighted by Gasteiger charge is -2.05. The van der Waals surface area contributed by atoms with Crippen LogP contribution in [0, 0.1) is 0 Å². The van der Waals surface area contributed by atoms with Gasteiger partial charge < -0.3 is 5.32 Å². The molecule has 1 aliphatic rings. The Bertz CT molecular complexity index is 570. The maximum atomic E-state index is 4.86. The first-order chi connectivity index (χ1) is 9.13. The minimum atomic E-state index is 0.490. The Morgan fingerprint density at radius 2 is 2.26 bits per heavy atom. The van der Waals surface area contributed by atoms with E-state index in [4.69, 9.17) is 4.98 Å². The van der Waals surface area contributed by atoms with Crippen molar-refractivity contribution in [2.75, 3.05) is 0 Å². The monoisotopic (exact) mass is 356 g/mol. The van der Waals surface area contributed by atoms with Crippen LogP contribution in [0.2, 0.25) is 0 Å². The van der Waals surface area contributed by atoms with E-state index in [9.17, 15) is 0 Å². The second-order valence-electron chi connectivity index (χ2n) is 5.27. The maximum Gasteiger partial charge on any atom is 0.133 e. The number of nitrogens with one attached hydrogen (secondary N) is 1. The number of thiophene rings is 1. The Balaban J connectivity index is 1.86. The molecule has 0 aromatic carbocycles. The van der Waals surface area contributed by atoms with Crippen molar-refractivity contribution < 1.29 is 0 Å². The third kappa shape index (κ3) is 3.27. The molecule has 2 heterocycles. The molecule has 102 valence electrons. The van der Waals surface area contributed by atoms with Crippen LogP contribution in [0.4, 0.5) is 0 Å². The van der Waals surface area contributed by atoms with Gasteiger partial charge in [-0.1, -0.05) is 13.8 Å². The zero-order valence-electron chi connectivity index (χ0n) is 11.1. The minimum absolute atomic E-state index is 0.490. The number of aromatic nitrogens is 1. The molecule has 0 spiro atoms. The van der Waals surface area contributed by atoms with E-state index in [1.807, 2.05) is 11.3 Å². The van der Waals surface area contributed by atoms with Gasteiger partial charge in [0.1, 0.15) is 5.01 Å². The van der Waals surface area contributed by atoms with Crippen LogP contribution in [0.1, 0.15) is 43.2 Å². The molecule has 3 rings (SSSR count). The topological polar surface area (TPSA) is 24.9 Å². The van der Waals surface area contributed by atoms with Gasteiger partial charge in [0.05, 0.1) is 10.6 Å². The van der Waals surface area contributed by atoms with Crippen molar-refractivity contribution in [1.82, 2.24) is 10.3 Å². The Morgan fingerprint density at radius 1 is 1.47 bits per heavy atom.